The van der Waals surface area contributed by atoms with Crippen LogP contribution in [0.15, 0.2) is 72.1 Å². The molecule has 0 fully saturated rings. The number of esters is 1. The number of nitrogens with two attached hydrogens (primary N) is 1. The summed E-state index contributed by atoms with van der Waals surface area (Å²) in [6, 6.07) is 19.4. The second-order valence-corrected chi connectivity index (χ2v) is 8.86. The molecule has 1 heterocycles. The Morgan fingerprint density at radius 3 is 2.62 bits per heavy atom. The van der Waals surface area contributed by atoms with E-state index in [-0.39, 0.29) is 22.8 Å². The average molecular weight is 519 g/mol. The molecule has 0 aliphatic carbocycles. The number of unbranched alkanes of at least 4 members (excludes halogenated alkanes) is 2. The van der Waals surface area contributed by atoms with Gasteiger partial charge < -0.3 is 24.7 Å². The van der Waals surface area contributed by atoms with Gasteiger partial charge in [0.15, 0.2) is 0 Å². The van der Waals surface area contributed by atoms with Gasteiger partial charge in [-0.05, 0) is 36.8 Å². The highest BCUT2D eigenvalue weighted by molar-refractivity contribution is 6.32. The third kappa shape index (κ3) is 5.65. The summed E-state index contributed by atoms with van der Waals surface area (Å²) in [4.78, 5) is 12.7. The summed E-state index contributed by atoms with van der Waals surface area (Å²) < 4.78 is 22.6. The van der Waals surface area contributed by atoms with Crippen molar-refractivity contribution in [1.82, 2.24) is 0 Å². The first kappa shape index (κ1) is 25.9. The van der Waals surface area contributed by atoms with Gasteiger partial charge in [0.25, 0.3) is 0 Å². The van der Waals surface area contributed by atoms with E-state index < -0.39 is 11.9 Å². The van der Waals surface area contributed by atoms with E-state index >= 15 is 0 Å². The van der Waals surface area contributed by atoms with Crippen LogP contribution in [-0.4, -0.2) is 19.7 Å². The molecule has 1 unspecified atom stereocenters. The predicted octanol–water partition coefficient (Wildman–Crippen LogP) is 6.35. The van der Waals surface area contributed by atoms with Crippen LogP contribution in [0, 0.1) is 11.3 Å². The van der Waals surface area contributed by atoms with E-state index in [9.17, 15) is 10.1 Å². The Morgan fingerprint density at radius 2 is 1.89 bits per heavy atom. The summed E-state index contributed by atoms with van der Waals surface area (Å²) >= 11 is 6.14. The number of benzene rings is 3. The SMILES string of the molecule is CCCCCOc1ccccc1C1C(C#N)=C(N)Oc2cc(OC(=O)c3ccc(OC)c(Cl)c3)ccc21. The van der Waals surface area contributed by atoms with Crippen molar-refractivity contribution < 1.29 is 23.7 Å². The maximum atomic E-state index is 12.7. The van der Waals surface area contributed by atoms with Crippen molar-refractivity contribution >= 4 is 17.6 Å². The number of fused-ring (bicyclic) bond motifs is 1. The molecule has 2 N–H and O–H groups in total. The molecule has 3 aromatic carbocycles. The number of halogens is 1. The average Bonchev–Trinajstić information content (AvgIpc) is 2.90. The molecule has 1 aliphatic rings. The summed E-state index contributed by atoms with van der Waals surface area (Å²) in [6.45, 7) is 2.71. The van der Waals surface area contributed by atoms with E-state index in [4.69, 9.17) is 36.3 Å². The zero-order valence-corrected chi connectivity index (χ0v) is 21.4. The van der Waals surface area contributed by atoms with Gasteiger partial charge in [0, 0.05) is 17.2 Å². The molecule has 1 aliphatic heterocycles. The van der Waals surface area contributed by atoms with Gasteiger partial charge >= 0.3 is 5.97 Å². The molecule has 4 rings (SSSR count). The lowest BCUT2D eigenvalue weighted by Gasteiger charge is -2.28. The normalized spacial score (nSPS) is 14.3. The fourth-order valence-electron chi connectivity index (χ4n) is 4.16. The van der Waals surface area contributed by atoms with E-state index in [2.05, 4.69) is 13.0 Å². The van der Waals surface area contributed by atoms with Gasteiger partial charge in [-0.15, -0.1) is 0 Å². The molecule has 0 saturated heterocycles. The Labute approximate surface area is 221 Å². The lowest BCUT2D eigenvalue weighted by Crippen LogP contribution is -2.21. The maximum absolute atomic E-state index is 12.7. The van der Waals surface area contributed by atoms with E-state index in [0.29, 0.717) is 34.4 Å². The molecule has 7 nitrogen and oxygen atoms in total. The number of carbonyl (C=O) groups excluding carboxylic acids is 1. The molecule has 0 amide bonds. The van der Waals surface area contributed by atoms with Crippen molar-refractivity contribution in [3.05, 3.63) is 93.8 Å². The number of para-hydroxylation sites is 1. The number of nitriles is 1. The summed E-state index contributed by atoms with van der Waals surface area (Å²) in [5.41, 5.74) is 8.24. The second-order valence-electron chi connectivity index (χ2n) is 8.46. The molecule has 0 bridgehead atoms. The van der Waals surface area contributed by atoms with Crippen molar-refractivity contribution in [1.29, 1.82) is 5.26 Å². The van der Waals surface area contributed by atoms with E-state index in [1.165, 1.54) is 13.2 Å². The van der Waals surface area contributed by atoms with Gasteiger partial charge in [-0.2, -0.15) is 5.26 Å². The number of allylic oxidation sites excluding steroid dienone is 1. The quantitative estimate of drug-likeness (QED) is 0.200. The zero-order chi connectivity index (χ0) is 26.4. The third-order valence-electron chi connectivity index (χ3n) is 6.02. The lowest BCUT2D eigenvalue weighted by atomic mass is 9.83. The highest BCUT2D eigenvalue weighted by Crippen LogP contribution is 2.46. The van der Waals surface area contributed by atoms with E-state index in [0.717, 1.165) is 24.8 Å². The van der Waals surface area contributed by atoms with Crippen molar-refractivity contribution in [2.45, 2.75) is 32.1 Å². The highest BCUT2D eigenvalue weighted by atomic mass is 35.5. The van der Waals surface area contributed by atoms with Gasteiger partial charge in [0.1, 0.15) is 34.6 Å². The van der Waals surface area contributed by atoms with Crippen molar-refractivity contribution in [3.63, 3.8) is 0 Å². The number of ether oxygens (including phenoxy) is 4. The minimum absolute atomic E-state index is 0.00815. The summed E-state index contributed by atoms with van der Waals surface area (Å²) in [6.07, 6.45) is 3.10. The number of nitrogens with zero attached hydrogens (tertiary/aromatic N) is 1. The van der Waals surface area contributed by atoms with Crippen LogP contribution in [0.1, 0.15) is 53.6 Å². The van der Waals surface area contributed by atoms with Crippen LogP contribution in [0.2, 0.25) is 5.02 Å². The standard InChI is InChI=1S/C29H27ClN2O5/c1-3-4-7-14-35-24-9-6-5-8-20(24)27-21-12-11-19(16-26(21)37-28(32)22(27)17-31)36-29(33)18-10-13-25(34-2)23(30)15-18/h5-6,8-13,15-16,27H,3-4,7,14,32H2,1-2H3. The van der Waals surface area contributed by atoms with Crippen molar-refractivity contribution in [2.75, 3.05) is 13.7 Å². The molecule has 0 saturated carbocycles. The smallest absolute Gasteiger partial charge is 0.343 e. The highest BCUT2D eigenvalue weighted by Gasteiger charge is 2.33. The second kappa shape index (κ2) is 11.7. The molecule has 1 atom stereocenters. The molecule has 8 heteroatoms. The lowest BCUT2D eigenvalue weighted by molar-refractivity contribution is 0.0734. The van der Waals surface area contributed by atoms with Crippen LogP contribution in [-0.2, 0) is 0 Å². The molecule has 0 aromatic heterocycles. The largest absolute Gasteiger partial charge is 0.495 e. The Balaban J connectivity index is 1.64. The monoisotopic (exact) mass is 518 g/mol. The topological polar surface area (TPSA) is 104 Å². The Morgan fingerprint density at radius 1 is 1.08 bits per heavy atom. The van der Waals surface area contributed by atoms with Crippen LogP contribution >= 0.6 is 11.6 Å². The number of methoxy groups -OCH3 is 1. The van der Waals surface area contributed by atoms with Gasteiger partial charge in [0.05, 0.1) is 30.2 Å². The molecule has 190 valence electrons. The Kier molecular flexibility index (Phi) is 8.22. The molecule has 0 radical (unpaired) electrons. The Bertz CT molecular complexity index is 1380. The third-order valence-corrected chi connectivity index (χ3v) is 6.32. The van der Waals surface area contributed by atoms with Gasteiger partial charge in [-0.25, -0.2) is 4.79 Å². The first-order valence-corrected chi connectivity index (χ1v) is 12.3. The fourth-order valence-corrected chi connectivity index (χ4v) is 4.42. The van der Waals surface area contributed by atoms with Crippen LogP contribution < -0.4 is 24.7 Å². The number of hydrogen-bond acceptors (Lipinski definition) is 7. The maximum Gasteiger partial charge on any atom is 0.343 e. The van der Waals surface area contributed by atoms with Crippen molar-refractivity contribution in [2.24, 2.45) is 5.73 Å². The predicted molar refractivity (Wildman–Crippen MR) is 140 cm³/mol. The fraction of sp³-hybridized carbons (Fsp3) is 0.241. The first-order chi connectivity index (χ1) is 18.0. The van der Waals surface area contributed by atoms with Gasteiger partial charge in [-0.1, -0.05) is 55.6 Å². The van der Waals surface area contributed by atoms with E-state index in [1.54, 1.807) is 30.3 Å². The van der Waals surface area contributed by atoms with Crippen LogP contribution in [0.25, 0.3) is 0 Å². The van der Waals surface area contributed by atoms with Crippen LogP contribution in [0.3, 0.4) is 0 Å². The first-order valence-electron chi connectivity index (χ1n) is 12.0. The molecule has 37 heavy (non-hydrogen) atoms. The van der Waals surface area contributed by atoms with E-state index in [1.807, 2.05) is 24.3 Å². The summed E-state index contributed by atoms with van der Waals surface area (Å²) in [5.74, 6) is 0.684. The summed E-state index contributed by atoms with van der Waals surface area (Å²) in [7, 11) is 1.49. The number of carbonyl (C=O) groups is 1. The minimum Gasteiger partial charge on any atom is -0.495 e. The molecule has 3 aromatic rings. The molecular formula is C29H27ClN2O5. The molecule has 0 spiro atoms. The molecular weight excluding hydrogens is 492 g/mol. The van der Waals surface area contributed by atoms with Crippen LogP contribution in [0.5, 0.6) is 23.0 Å². The Hall–Kier alpha value is -4.15. The zero-order valence-electron chi connectivity index (χ0n) is 20.6. The number of rotatable bonds is 9. The number of hydrogen-bond donors (Lipinski definition) is 1. The minimum atomic E-state index is -0.594. The van der Waals surface area contributed by atoms with Crippen LogP contribution in [0.4, 0.5) is 0 Å². The summed E-state index contributed by atoms with van der Waals surface area (Å²) in [5, 5.41) is 10.2. The van der Waals surface area contributed by atoms with Gasteiger partial charge in [0.2, 0.25) is 5.88 Å². The van der Waals surface area contributed by atoms with Gasteiger partial charge in [-0.3, -0.25) is 0 Å². The van der Waals surface area contributed by atoms with Crippen molar-refractivity contribution in [3.8, 4) is 29.1 Å².